The van der Waals surface area contributed by atoms with Crippen molar-refractivity contribution in [2.75, 3.05) is 0 Å². The zero-order valence-corrected chi connectivity index (χ0v) is 6.09. The van der Waals surface area contributed by atoms with Crippen molar-refractivity contribution in [3.8, 4) is 0 Å². The summed E-state index contributed by atoms with van der Waals surface area (Å²) in [7, 11) is 0. The number of hydrogen-bond donors (Lipinski definition) is 1. The van der Waals surface area contributed by atoms with Crippen molar-refractivity contribution >= 4 is 0 Å². The van der Waals surface area contributed by atoms with Gasteiger partial charge in [0.25, 0.3) is 0 Å². The van der Waals surface area contributed by atoms with Crippen LogP contribution in [-0.4, -0.2) is 5.09 Å². The molecule has 0 aliphatic rings. The first-order valence-corrected chi connectivity index (χ1v) is 0.548. The van der Waals surface area contributed by atoms with Gasteiger partial charge in [0.05, 0.1) is 5.09 Å². The van der Waals surface area contributed by atoms with Crippen LogP contribution in [0.3, 0.4) is 0 Å². The fourth-order valence-corrected chi connectivity index (χ4v) is 0. The molecule has 0 saturated heterocycles. The normalized spacial score (nSPS) is 4.00. The van der Waals surface area contributed by atoms with Crippen molar-refractivity contribution in [1.82, 2.24) is 6.15 Å². The number of quaternary nitrogens is 1. The molecule has 0 aromatic carbocycles. The van der Waals surface area contributed by atoms with E-state index in [1.54, 1.807) is 0 Å². The molecule has 0 rings (SSSR count). The van der Waals surface area contributed by atoms with Gasteiger partial charge in [0.2, 0.25) is 0 Å². The third-order valence-electron chi connectivity index (χ3n) is 0. The van der Waals surface area contributed by atoms with Gasteiger partial charge >= 0.3 is 32.7 Å². The molecule has 0 saturated carbocycles. The van der Waals surface area contributed by atoms with Crippen LogP contribution in [0.25, 0.3) is 0 Å². The molecular weight excluding hydrogens is 165 g/mol. The third kappa shape index (κ3) is 652. The van der Waals surface area contributed by atoms with E-state index in [4.69, 9.17) is 15.3 Å². The van der Waals surface area contributed by atoms with Crippen molar-refractivity contribution in [2.45, 2.75) is 0 Å². The van der Waals surface area contributed by atoms with Crippen molar-refractivity contribution in [1.29, 1.82) is 0 Å². The van der Waals surface area contributed by atoms with Crippen LogP contribution in [0.4, 0.5) is 0 Å². The molecule has 4 N–H and O–H groups in total. The first-order chi connectivity index (χ1) is 1.73. The average Bonchev–Trinajstić information content (AvgIpc) is 0.811. The number of hydrogen-bond acceptors (Lipinski definition) is 3. The van der Waals surface area contributed by atoms with Crippen LogP contribution in [0.1, 0.15) is 0 Å². The molecule has 0 aromatic heterocycles. The van der Waals surface area contributed by atoms with Gasteiger partial charge in [0.15, 0.2) is 0 Å². The first-order valence-electron chi connectivity index (χ1n) is 0.548. The summed E-state index contributed by atoms with van der Waals surface area (Å²) >= 11 is 0. The quantitative estimate of drug-likeness (QED) is 0.411. The van der Waals surface area contributed by atoms with Gasteiger partial charge in [-0.05, 0) is 0 Å². The topological polar surface area (TPSA) is 103 Å². The van der Waals surface area contributed by atoms with Gasteiger partial charge in [0.1, 0.15) is 0 Å². The van der Waals surface area contributed by atoms with E-state index >= 15 is 0 Å². The Morgan fingerprint density at radius 3 is 1.33 bits per heavy atom. The Bertz CT molecular complexity index is 31.8. The number of rotatable bonds is 0. The molecule has 0 amide bonds. The minimum Gasteiger partial charge on any atom is -0.369 e. The molecule has 0 aromatic rings. The molecule has 6 heavy (non-hydrogen) atoms. The molecule has 0 atom stereocenters. The average molecular weight is 169 g/mol. The SMILES string of the molecule is O=[N+]([O-])[O-].[NH4+].[Y+3]. The van der Waals surface area contributed by atoms with E-state index in [2.05, 4.69) is 0 Å². The van der Waals surface area contributed by atoms with Crippen molar-refractivity contribution in [2.24, 2.45) is 0 Å². The second-order valence-electron chi connectivity index (χ2n) is 0.224. The second-order valence-corrected chi connectivity index (χ2v) is 0.224. The van der Waals surface area contributed by atoms with E-state index in [0.717, 1.165) is 0 Å². The molecular formula is H4N2O3Y+3. The maximum absolute atomic E-state index is 8.25. The van der Waals surface area contributed by atoms with E-state index < -0.39 is 5.09 Å². The zero-order valence-electron chi connectivity index (χ0n) is 3.25. The van der Waals surface area contributed by atoms with E-state index in [1.165, 1.54) is 0 Å². The molecule has 0 spiro atoms. The molecule has 0 unspecified atom stereocenters. The fourth-order valence-electron chi connectivity index (χ4n) is 0. The summed E-state index contributed by atoms with van der Waals surface area (Å²) < 4.78 is 0. The van der Waals surface area contributed by atoms with Gasteiger partial charge in [-0.1, -0.05) is 0 Å². The number of nitrogens with zero attached hydrogens (tertiary/aromatic N) is 1. The standard InChI is InChI=1S/NO3.H3N.Y/c2-1(3)4;;/h;1H3;/q-1;;+3/p+1. The maximum atomic E-state index is 8.25. The van der Waals surface area contributed by atoms with Gasteiger partial charge in [-0.15, -0.1) is 0 Å². The minimum absolute atomic E-state index is 0. The summed E-state index contributed by atoms with van der Waals surface area (Å²) in [5.74, 6) is 0. The molecule has 6 heteroatoms. The Hall–Kier alpha value is 0.264. The van der Waals surface area contributed by atoms with E-state index in [9.17, 15) is 0 Å². The maximum Gasteiger partial charge on any atom is 3.00 e. The summed E-state index contributed by atoms with van der Waals surface area (Å²) in [4.78, 5) is 8.25. The molecule has 0 aliphatic heterocycles. The van der Waals surface area contributed by atoms with E-state index in [-0.39, 0.29) is 38.9 Å². The molecule has 0 aliphatic carbocycles. The third-order valence-corrected chi connectivity index (χ3v) is 0. The van der Waals surface area contributed by atoms with Crippen LogP contribution in [0, 0.1) is 15.3 Å². The molecule has 0 radical (unpaired) electrons. The van der Waals surface area contributed by atoms with Crippen LogP contribution in [-0.2, 0) is 32.7 Å². The summed E-state index contributed by atoms with van der Waals surface area (Å²) in [6, 6.07) is 0. The fraction of sp³-hybridized carbons (Fsp3) is 0. The van der Waals surface area contributed by atoms with Gasteiger partial charge in [-0.3, -0.25) is 0 Å². The first kappa shape index (κ1) is 16.3. The molecule has 32 valence electrons. The van der Waals surface area contributed by atoms with Gasteiger partial charge in [-0.25, -0.2) is 0 Å². The van der Waals surface area contributed by atoms with Crippen LogP contribution in [0.5, 0.6) is 0 Å². The molecule has 0 heterocycles. The van der Waals surface area contributed by atoms with Gasteiger partial charge in [-0.2, -0.15) is 0 Å². The van der Waals surface area contributed by atoms with E-state index in [1.807, 2.05) is 0 Å². The predicted octanol–water partition coefficient (Wildman–Crippen LogP) is 0.135. The molecule has 0 fully saturated rings. The Balaban J connectivity index is -0.0000000450. The van der Waals surface area contributed by atoms with Crippen molar-refractivity contribution in [3.05, 3.63) is 15.3 Å². The van der Waals surface area contributed by atoms with Gasteiger partial charge in [0, 0.05) is 0 Å². The Morgan fingerprint density at radius 2 is 1.33 bits per heavy atom. The second kappa shape index (κ2) is 8.98. The van der Waals surface area contributed by atoms with Crippen molar-refractivity contribution < 1.29 is 37.8 Å². The molecule has 0 bridgehead atoms. The Labute approximate surface area is 59.3 Å². The molecule has 5 nitrogen and oxygen atoms in total. The Morgan fingerprint density at radius 1 is 1.33 bits per heavy atom. The van der Waals surface area contributed by atoms with Crippen molar-refractivity contribution in [3.63, 3.8) is 0 Å². The minimum atomic E-state index is -1.75. The summed E-state index contributed by atoms with van der Waals surface area (Å²) in [6.45, 7) is 0. The Kier molecular flexibility index (Phi) is 24.4. The summed E-state index contributed by atoms with van der Waals surface area (Å²) in [5.41, 5.74) is 0. The smallest absolute Gasteiger partial charge is 0.369 e. The zero-order chi connectivity index (χ0) is 3.58. The van der Waals surface area contributed by atoms with Crippen LogP contribution in [0.15, 0.2) is 0 Å². The predicted molar refractivity (Wildman–Crippen MR) is 16.3 cm³/mol. The monoisotopic (exact) mass is 169 g/mol. The van der Waals surface area contributed by atoms with Crippen LogP contribution in [0.2, 0.25) is 0 Å². The largest absolute Gasteiger partial charge is 3.00 e. The van der Waals surface area contributed by atoms with Crippen LogP contribution < -0.4 is 6.15 Å². The summed E-state index contributed by atoms with van der Waals surface area (Å²) in [5, 5.41) is 14.8. The van der Waals surface area contributed by atoms with Crippen LogP contribution >= 0.6 is 0 Å². The van der Waals surface area contributed by atoms with E-state index in [0.29, 0.717) is 0 Å². The van der Waals surface area contributed by atoms with Gasteiger partial charge < -0.3 is 21.5 Å². The summed E-state index contributed by atoms with van der Waals surface area (Å²) in [6.07, 6.45) is 0.